The van der Waals surface area contributed by atoms with Crippen molar-refractivity contribution in [3.05, 3.63) is 28.0 Å². The number of fused-ring (bicyclic) bond motifs is 1. The van der Waals surface area contributed by atoms with Gasteiger partial charge in [0.05, 0.1) is 22.6 Å². The summed E-state index contributed by atoms with van der Waals surface area (Å²) in [5.74, 6) is 0.502. The molecule has 0 bridgehead atoms. The molecule has 2 heterocycles. The third-order valence-corrected chi connectivity index (χ3v) is 4.37. The zero-order chi connectivity index (χ0) is 13.6. The molecule has 2 aromatic rings. The van der Waals surface area contributed by atoms with Gasteiger partial charge in [-0.3, -0.25) is 4.79 Å². The fourth-order valence-corrected chi connectivity index (χ4v) is 3.33. The first-order valence-corrected chi connectivity index (χ1v) is 7.53. The maximum absolute atomic E-state index is 12.2. The zero-order valence-corrected chi connectivity index (χ0v) is 12.3. The number of carbonyl (C=O) groups is 1. The number of hydrogen-bond donors (Lipinski definition) is 0. The topological polar surface area (TPSA) is 47.8 Å². The molecule has 5 heteroatoms. The zero-order valence-electron chi connectivity index (χ0n) is 11.4. The molecule has 19 heavy (non-hydrogen) atoms. The minimum atomic E-state index is 0.240. The summed E-state index contributed by atoms with van der Waals surface area (Å²) in [4.78, 5) is 16.7. The van der Waals surface area contributed by atoms with E-state index in [0.29, 0.717) is 6.42 Å². The number of thiazole rings is 1. The predicted molar refractivity (Wildman–Crippen MR) is 75.3 cm³/mol. The first-order chi connectivity index (χ1) is 9.08. The lowest BCUT2D eigenvalue weighted by Crippen LogP contribution is -2.13. The monoisotopic (exact) mass is 275 g/mol. The summed E-state index contributed by atoms with van der Waals surface area (Å²) in [5.41, 5.74) is 3.83. The predicted octanol–water partition coefficient (Wildman–Crippen LogP) is 3.28. The van der Waals surface area contributed by atoms with E-state index in [1.807, 2.05) is 17.0 Å². The normalized spacial score (nSPS) is 15.1. The van der Waals surface area contributed by atoms with Gasteiger partial charge in [-0.2, -0.15) is 5.10 Å². The molecule has 0 fully saturated rings. The van der Waals surface area contributed by atoms with E-state index in [4.69, 9.17) is 0 Å². The van der Waals surface area contributed by atoms with Crippen LogP contribution in [0.5, 0.6) is 0 Å². The summed E-state index contributed by atoms with van der Waals surface area (Å²) < 4.78 is 1.89. The highest BCUT2D eigenvalue weighted by atomic mass is 32.1. The highest BCUT2D eigenvalue weighted by Crippen LogP contribution is 2.31. The van der Waals surface area contributed by atoms with Gasteiger partial charge in [-0.1, -0.05) is 13.8 Å². The van der Waals surface area contributed by atoms with E-state index >= 15 is 0 Å². The van der Waals surface area contributed by atoms with E-state index in [0.717, 1.165) is 40.6 Å². The highest BCUT2D eigenvalue weighted by molar-refractivity contribution is 7.12. The molecule has 3 rings (SSSR count). The Morgan fingerprint density at radius 1 is 1.37 bits per heavy atom. The molecule has 4 nitrogen and oxygen atoms in total. The van der Waals surface area contributed by atoms with Crippen LogP contribution in [-0.4, -0.2) is 20.5 Å². The lowest BCUT2D eigenvalue weighted by Gasteiger charge is -2.12. The van der Waals surface area contributed by atoms with Gasteiger partial charge in [-0.25, -0.2) is 9.67 Å². The molecule has 1 aliphatic rings. The third-order valence-electron chi connectivity index (χ3n) is 3.44. The van der Waals surface area contributed by atoms with Crippen LogP contribution < -0.4 is 0 Å². The van der Waals surface area contributed by atoms with Crippen LogP contribution in [0.2, 0.25) is 0 Å². The summed E-state index contributed by atoms with van der Waals surface area (Å²) in [5, 5.41) is 7.56. The number of hydrogen-bond acceptors (Lipinski definition) is 4. The van der Waals surface area contributed by atoms with Crippen LogP contribution in [-0.2, 0) is 6.42 Å². The van der Waals surface area contributed by atoms with Crippen molar-refractivity contribution in [3.8, 4) is 5.13 Å². The fraction of sp³-hybridized carbons (Fsp3) is 0.500. The van der Waals surface area contributed by atoms with Gasteiger partial charge in [0.2, 0.25) is 5.13 Å². The quantitative estimate of drug-likeness (QED) is 0.845. The molecule has 0 aromatic carbocycles. The van der Waals surface area contributed by atoms with Crippen molar-refractivity contribution in [3.63, 3.8) is 0 Å². The van der Waals surface area contributed by atoms with Crippen LogP contribution in [0.3, 0.4) is 0 Å². The molecule has 100 valence electrons. The van der Waals surface area contributed by atoms with Gasteiger partial charge >= 0.3 is 0 Å². The molecule has 2 aromatic heterocycles. The number of carbonyl (C=O) groups excluding carboxylic acids is 1. The Bertz CT molecular complexity index is 639. The van der Waals surface area contributed by atoms with E-state index < -0.39 is 0 Å². The Labute approximate surface area is 116 Å². The van der Waals surface area contributed by atoms with E-state index in [1.165, 1.54) is 0 Å². The maximum atomic E-state index is 12.2. The smallest absolute Gasteiger partial charge is 0.210 e. The van der Waals surface area contributed by atoms with Crippen molar-refractivity contribution < 1.29 is 4.79 Å². The first kappa shape index (κ1) is 12.5. The largest absolute Gasteiger partial charge is 0.294 e. The average Bonchev–Trinajstić information content (AvgIpc) is 2.93. The molecule has 0 radical (unpaired) electrons. The Kier molecular flexibility index (Phi) is 3.01. The molecule has 0 saturated carbocycles. The summed E-state index contributed by atoms with van der Waals surface area (Å²) in [6.07, 6.45) is 2.48. The van der Waals surface area contributed by atoms with Crippen molar-refractivity contribution in [2.75, 3.05) is 0 Å². The van der Waals surface area contributed by atoms with Crippen molar-refractivity contribution in [2.24, 2.45) is 0 Å². The molecule has 0 saturated heterocycles. The summed E-state index contributed by atoms with van der Waals surface area (Å²) in [6, 6.07) is 0. The minimum absolute atomic E-state index is 0.240. The Morgan fingerprint density at radius 2 is 2.16 bits per heavy atom. The van der Waals surface area contributed by atoms with Crippen LogP contribution in [0.4, 0.5) is 0 Å². The van der Waals surface area contributed by atoms with E-state index in [-0.39, 0.29) is 11.7 Å². The second kappa shape index (κ2) is 4.56. The standard InChI is InChI=1S/C14H17N3OS/c1-8(2)13-12-10(5-4-6-11(12)18)17(16-13)14-15-9(3)7-19-14/h7-8H,4-6H2,1-3H3. The summed E-state index contributed by atoms with van der Waals surface area (Å²) >= 11 is 1.58. The number of aryl methyl sites for hydroxylation is 1. The van der Waals surface area contributed by atoms with Gasteiger partial charge in [-0.05, 0) is 25.7 Å². The van der Waals surface area contributed by atoms with Gasteiger partial charge in [0.1, 0.15) is 0 Å². The van der Waals surface area contributed by atoms with Gasteiger partial charge in [0, 0.05) is 11.8 Å². The minimum Gasteiger partial charge on any atom is -0.294 e. The average molecular weight is 275 g/mol. The fourth-order valence-electron chi connectivity index (χ4n) is 2.55. The van der Waals surface area contributed by atoms with Gasteiger partial charge < -0.3 is 0 Å². The van der Waals surface area contributed by atoms with E-state index in [2.05, 4.69) is 23.9 Å². The lowest BCUT2D eigenvalue weighted by atomic mass is 9.91. The molecule has 0 unspecified atom stereocenters. The SMILES string of the molecule is Cc1csc(-n2nc(C(C)C)c3c2CCCC3=O)n1. The van der Waals surface area contributed by atoms with Crippen LogP contribution >= 0.6 is 11.3 Å². The van der Waals surface area contributed by atoms with Crippen molar-refractivity contribution in [1.82, 2.24) is 14.8 Å². The summed E-state index contributed by atoms with van der Waals surface area (Å²) in [7, 11) is 0. The van der Waals surface area contributed by atoms with E-state index in [1.54, 1.807) is 11.3 Å². The van der Waals surface area contributed by atoms with Gasteiger partial charge in [0.25, 0.3) is 0 Å². The second-order valence-electron chi connectivity index (χ2n) is 5.32. The molecule has 1 aliphatic carbocycles. The van der Waals surface area contributed by atoms with E-state index in [9.17, 15) is 4.79 Å². The van der Waals surface area contributed by atoms with Crippen LogP contribution in [0, 0.1) is 6.92 Å². The number of ketones is 1. The van der Waals surface area contributed by atoms with Gasteiger partial charge in [0.15, 0.2) is 5.78 Å². The van der Waals surface area contributed by atoms with Gasteiger partial charge in [-0.15, -0.1) is 11.3 Å². The summed E-state index contributed by atoms with van der Waals surface area (Å²) in [6.45, 7) is 6.15. The molecule has 0 spiro atoms. The Morgan fingerprint density at radius 3 is 2.79 bits per heavy atom. The highest BCUT2D eigenvalue weighted by Gasteiger charge is 2.29. The lowest BCUT2D eigenvalue weighted by molar-refractivity contribution is 0.0971. The maximum Gasteiger partial charge on any atom is 0.210 e. The van der Waals surface area contributed by atoms with Crippen molar-refractivity contribution in [2.45, 2.75) is 46.0 Å². The van der Waals surface area contributed by atoms with Crippen LogP contribution in [0.1, 0.15) is 60.0 Å². The van der Waals surface area contributed by atoms with Crippen molar-refractivity contribution >= 4 is 17.1 Å². The Hall–Kier alpha value is -1.49. The molecule has 0 aliphatic heterocycles. The molecular formula is C14H17N3OS. The number of nitrogens with zero attached hydrogens (tertiary/aromatic N) is 3. The van der Waals surface area contributed by atoms with Crippen LogP contribution in [0.25, 0.3) is 5.13 Å². The molecule has 0 atom stereocenters. The first-order valence-electron chi connectivity index (χ1n) is 6.65. The Balaban J connectivity index is 2.21. The number of aromatic nitrogens is 3. The third kappa shape index (κ3) is 2.02. The van der Waals surface area contributed by atoms with Crippen molar-refractivity contribution in [1.29, 1.82) is 0 Å². The van der Waals surface area contributed by atoms with Crippen LogP contribution in [0.15, 0.2) is 5.38 Å². The number of rotatable bonds is 2. The molecular weight excluding hydrogens is 258 g/mol. The molecule has 0 amide bonds. The second-order valence-corrected chi connectivity index (χ2v) is 6.16. The number of Topliss-reactive ketones (excluding diaryl/α,β-unsaturated/α-hetero) is 1. The molecule has 0 N–H and O–H groups in total.